The summed E-state index contributed by atoms with van der Waals surface area (Å²) >= 11 is 0. The van der Waals surface area contributed by atoms with Gasteiger partial charge in [-0.25, -0.2) is 4.79 Å². The second kappa shape index (κ2) is 10.2. The Morgan fingerprint density at radius 2 is 1.78 bits per heavy atom. The second-order valence-corrected chi connectivity index (χ2v) is 8.36. The van der Waals surface area contributed by atoms with Gasteiger partial charge in [0.25, 0.3) is 5.91 Å². The van der Waals surface area contributed by atoms with Crippen LogP contribution < -0.4 is 10.3 Å². The first-order valence-electron chi connectivity index (χ1n) is 11.8. The molecule has 0 spiro atoms. The van der Waals surface area contributed by atoms with Crippen molar-refractivity contribution in [1.82, 2.24) is 4.90 Å². The molecule has 5 rings (SSSR count). The third kappa shape index (κ3) is 4.55. The molecular formula is C26H26N4O6. The minimum atomic E-state index is -0.827. The van der Waals surface area contributed by atoms with Crippen LogP contribution in [0.3, 0.4) is 0 Å². The number of morpholine rings is 1. The van der Waals surface area contributed by atoms with Gasteiger partial charge in [0.1, 0.15) is 23.0 Å². The molecule has 2 aliphatic rings. The van der Waals surface area contributed by atoms with Gasteiger partial charge in [-0.15, -0.1) is 0 Å². The van der Waals surface area contributed by atoms with Crippen LogP contribution >= 0.6 is 0 Å². The smallest absolute Gasteiger partial charge is 0.354 e. The Balaban J connectivity index is 1.47. The molecule has 3 heterocycles. The van der Waals surface area contributed by atoms with Gasteiger partial charge in [-0.05, 0) is 31.2 Å². The van der Waals surface area contributed by atoms with E-state index in [1.807, 2.05) is 24.3 Å². The molecule has 1 atom stereocenters. The largest absolute Gasteiger partial charge is 0.461 e. The number of nitrogens with zero attached hydrogens (tertiary/aromatic N) is 3. The summed E-state index contributed by atoms with van der Waals surface area (Å²) in [6, 6.07) is 15.4. The van der Waals surface area contributed by atoms with E-state index in [1.165, 1.54) is 5.01 Å². The van der Waals surface area contributed by atoms with E-state index in [9.17, 15) is 14.4 Å². The van der Waals surface area contributed by atoms with Crippen LogP contribution in [0.2, 0.25) is 0 Å². The van der Waals surface area contributed by atoms with E-state index in [2.05, 4.69) is 10.4 Å². The van der Waals surface area contributed by atoms with E-state index in [1.54, 1.807) is 42.2 Å². The van der Waals surface area contributed by atoms with Crippen LogP contribution in [0.4, 0.5) is 11.4 Å². The molecular weight excluding hydrogens is 464 g/mol. The maximum Gasteiger partial charge on any atom is 0.354 e. The number of carbonyl (C=O) groups is 3. The first kappa shape index (κ1) is 23.6. The zero-order chi connectivity index (χ0) is 25.1. The molecule has 186 valence electrons. The predicted molar refractivity (Wildman–Crippen MR) is 133 cm³/mol. The fourth-order valence-electron chi connectivity index (χ4n) is 4.31. The Morgan fingerprint density at radius 1 is 1.06 bits per heavy atom. The third-order valence-corrected chi connectivity index (χ3v) is 6.08. The second-order valence-electron chi connectivity index (χ2n) is 8.36. The first-order chi connectivity index (χ1) is 17.6. The lowest BCUT2D eigenvalue weighted by Crippen LogP contribution is -2.41. The van der Waals surface area contributed by atoms with Crippen molar-refractivity contribution >= 4 is 45.8 Å². The summed E-state index contributed by atoms with van der Waals surface area (Å²) in [6.07, 6.45) is 0.0576. The number of esters is 1. The number of amides is 2. The highest BCUT2D eigenvalue weighted by Gasteiger charge is 2.38. The van der Waals surface area contributed by atoms with Crippen molar-refractivity contribution in [3.05, 3.63) is 60.4 Å². The van der Waals surface area contributed by atoms with Gasteiger partial charge in [-0.3, -0.25) is 14.6 Å². The maximum atomic E-state index is 13.7. The average molecular weight is 491 g/mol. The number of rotatable bonds is 6. The van der Waals surface area contributed by atoms with Crippen LogP contribution in [0, 0.1) is 0 Å². The summed E-state index contributed by atoms with van der Waals surface area (Å²) in [5.41, 5.74) is 1.59. The normalized spacial score (nSPS) is 17.7. The molecule has 0 bridgehead atoms. The zero-order valence-electron chi connectivity index (χ0n) is 19.8. The number of hydrogen-bond donors (Lipinski definition) is 1. The number of hydrazone groups is 1. The van der Waals surface area contributed by atoms with Gasteiger partial charge in [0.15, 0.2) is 0 Å². The van der Waals surface area contributed by atoms with Gasteiger partial charge in [0.05, 0.1) is 25.5 Å². The SMILES string of the molecule is CCOC(=O)C1=NN(c2ccccc2)C(C(=O)Nc2c(C(=O)N3CCOCC3)oc3ccccc23)C1. The quantitative estimate of drug-likeness (QED) is 0.529. The summed E-state index contributed by atoms with van der Waals surface area (Å²) in [4.78, 5) is 41.0. The molecule has 1 N–H and O–H groups in total. The van der Waals surface area contributed by atoms with E-state index in [0.29, 0.717) is 48.6 Å². The number of carbonyl (C=O) groups excluding carboxylic acids is 3. The zero-order valence-corrected chi connectivity index (χ0v) is 19.8. The molecule has 1 unspecified atom stereocenters. The van der Waals surface area contributed by atoms with E-state index >= 15 is 0 Å². The monoisotopic (exact) mass is 490 g/mol. The molecule has 1 aromatic heterocycles. The van der Waals surface area contributed by atoms with Crippen LogP contribution in [-0.4, -0.2) is 67.3 Å². The number of nitrogens with one attached hydrogen (secondary N) is 1. The summed E-state index contributed by atoms with van der Waals surface area (Å²) in [5, 5.41) is 9.43. The Kier molecular flexibility index (Phi) is 6.68. The van der Waals surface area contributed by atoms with Crippen molar-refractivity contribution < 1.29 is 28.3 Å². The summed E-state index contributed by atoms with van der Waals surface area (Å²) in [5.74, 6) is -1.25. The Bertz CT molecular complexity index is 1310. The van der Waals surface area contributed by atoms with Crippen molar-refractivity contribution in [3.63, 3.8) is 0 Å². The number of para-hydroxylation sites is 2. The molecule has 2 amide bonds. The standard InChI is InChI=1S/C26H26N4O6/c1-2-35-26(33)19-16-20(30(28-19)17-8-4-3-5-9-17)24(31)27-22-18-10-6-7-11-21(18)36-23(22)25(32)29-12-14-34-15-13-29/h3-11,20H,2,12-16H2,1H3,(H,27,31). The molecule has 0 radical (unpaired) electrons. The highest BCUT2D eigenvalue weighted by molar-refractivity contribution is 6.38. The molecule has 0 aliphatic carbocycles. The van der Waals surface area contributed by atoms with Crippen LogP contribution in [0.5, 0.6) is 0 Å². The molecule has 1 saturated heterocycles. The van der Waals surface area contributed by atoms with Crippen molar-refractivity contribution in [2.24, 2.45) is 5.10 Å². The lowest BCUT2D eigenvalue weighted by molar-refractivity contribution is -0.135. The van der Waals surface area contributed by atoms with E-state index in [4.69, 9.17) is 13.9 Å². The van der Waals surface area contributed by atoms with Gasteiger partial charge in [-0.1, -0.05) is 30.3 Å². The highest BCUT2D eigenvalue weighted by Crippen LogP contribution is 2.33. The minimum Gasteiger partial charge on any atom is -0.461 e. The molecule has 2 aromatic carbocycles. The molecule has 2 aliphatic heterocycles. The lowest BCUT2D eigenvalue weighted by Gasteiger charge is -2.26. The molecule has 0 saturated carbocycles. The van der Waals surface area contributed by atoms with Gasteiger partial charge in [0.2, 0.25) is 11.7 Å². The predicted octanol–water partition coefficient (Wildman–Crippen LogP) is 3.04. The van der Waals surface area contributed by atoms with Crippen LogP contribution in [0.1, 0.15) is 23.9 Å². The van der Waals surface area contributed by atoms with Crippen molar-refractivity contribution in [1.29, 1.82) is 0 Å². The summed E-state index contributed by atoms with van der Waals surface area (Å²) < 4.78 is 16.4. The van der Waals surface area contributed by atoms with Gasteiger partial charge >= 0.3 is 5.97 Å². The molecule has 36 heavy (non-hydrogen) atoms. The van der Waals surface area contributed by atoms with Crippen molar-refractivity contribution in [2.45, 2.75) is 19.4 Å². The number of ether oxygens (including phenoxy) is 2. The average Bonchev–Trinajstić information content (AvgIpc) is 3.52. The fraction of sp³-hybridized carbons (Fsp3) is 0.308. The van der Waals surface area contributed by atoms with E-state index in [-0.39, 0.29) is 30.4 Å². The third-order valence-electron chi connectivity index (χ3n) is 6.08. The Labute approximate surface area is 207 Å². The van der Waals surface area contributed by atoms with Gasteiger partial charge in [0, 0.05) is 24.9 Å². The number of anilines is 2. The van der Waals surface area contributed by atoms with Crippen molar-refractivity contribution in [2.75, 3.05) is 43.2 Å². The van der Waals surface area contributed by atoms with E-state index in [0.717, 1.165) is 0 Å². The topological polar surface area (TPSA) is 114 Å². The van der Waals surface area contributed by atoms with Crippen LogP contribution in [0.15, 0.2) is 64.1 Å². The molecule has 10 nitrogen and oxygen atoms in total. The number of furan rings is 1. The minimum absolute atomic E-state index is 0.0576. The maximum absolute atomic E-state index is 13.7. The number of hydrogen-bond acceptors (Lipinski definition) is 8. The van der Waals surface area contributed by atoms with Gasteiger partial charge < -0.3 is 24.1 Å². The van der Waals surface area contributed by atoms with Gasteiger partial charge in [-0.2, -0.15) is 5.10 Å². The van der Waals surface area contributed by atoms with E-state index < -0.39 is 17.9 Å². The van der Waals surface area contributed by atoms with Crippen LogP contribution in [-0.2, 0) is 19.1 Å². The fourth-order valence-corrected chi connectivity index (χ4v) is 4.31. The Morgan fingerprint density at radius 3 is 2.53 bits per heavy atom. The summed E-state index contributed by atoms with van der Waals surface area (Å²) in [7, 11) is 0. The first-order valence-corrected chi connectivity index (χ1v) is 11.8. The highest BCUT2D eigenvalue weighted by atomic mass is 16.5. The molecule has 1 fully saturated rings. The molecule has 10 heteroatoms. The Hall–Kier alpha value is -4.18. The summed E-state index contributed by atoms with van der Waals surface area (Å²) in [6.45, 7) is 3.66. The lowest BCUT2D eigenvalue weighted by atomic mass is 10.1. The van der Waals surface area contributed by atoms with Crippen LogP contribution in [0.25, 0.3) is 11.0 Å². The van der Waals surface area contributed by atoms with Crippen molar-refractivity contribution in [3.8, 4) is 0 Å². The number of benzene rings is 2. The molecule has 3 aromatic rings. The number of fused-ring (bicyclic) bond motifs is 1.